The average Bonchev–Trinajstić information content (AvgIpc) is 3.26. The third kappa shape index (κ3) is 3.98. The first kappa shape index (κ1) is 20.2. The second kappa shape index (κ2) is 7.65. The van der Waals surface area contributed by atoms with E-state index in [1.165, 1.54) is 0 Å². The number of fused-ring (bicyclic) bond motifs is 1. The van der Waals surface area contributed by atoms with E-state index in [1.807, 2.05) is 24.4 Å². The topological polar surface area (TPSA) is 69.5 Å². The van der Waals surface area contributed by atoms with Gasteiger partial charge in [0, 0.05) is 29.7 Å². The smallest absolute Gasteiger partial charge is 0.279 e. The van der Waals surface area contributed by atoms with Crippen LogP contribution in [-0.2, 0) is 6.54 Å². The first-order valence-corrected chi connectivity index (χ1v) is 9.96. The van der Waals surface area contributed by atoms with Crippen molar-refractivity contribution in [3.05, 3.63) is 59.0 Å². The molecule has 0 bridgehead atoms. The fraction of sp³-hybridized carbons (Fsp3) is 0.318. The van der Waals surface area contributed by atoms with E-state index < -0.39 is 0 Å². The van der Waals surface area contributed by atoms with Crippen molar-refractivity contribution in [1.29, 1.82) is 0 Å². The number of ether oxygens (including phenoxy) is 2. The van der Waals surface area contributed by atoms with Crippen molar-refractivity contribution in [1.82, 2.24) is 14.8 Å². The molecule has 2 aromatic heterocycles. The molecule has 0 spiro atoms. The minimum absolute atomic E-state index is 0.0292. The van der Waals surface area contributed by atoms with Crippen molar-refractivity contribution in [3.8, 4) is 17.3 Å². The maximum atomic E-state index is 13.0. The average molecular weight is 427 g/mol. The van der Waals surface area contributed by atoms with Gasteiger partial charge in [0.05, 0.1) is 25.3 Å². The minimum Gasteiger partial charge on any atom is -0.493 e. The summed E-state index contributed by atoms with van der Waals surface area (Å²) in [5.74, 6) is 1.68. The molecule has 3 heterocycles. The largest absolute Gasteiger partial charge is 0.493 e. The molecule has 0 radical (unpaired) electrons. The number of rotatable bonds is 5. The van der Waals surface area contributed by atoms with Crippen molar-refractivity contribution in [2.75, 3.05) is 18.6 Å². The van der Waals surface area contributed by atoms with Crippen LogP contribution in [0.2, 0.25) is 5.02 Å². The zero-order valence-corrected chi connectivity index (χ0v) is 18.1. The summed E-state index contributed by atoms with van der Waals surface area (Å²) in [7, 11) is 1.59. The summed E-state index contributed by atoms with van der Waals surface area (Å²) in [6.45, 7) is 7.29. The lowest BCUT2D eigenvalue weighted by molar-refractivity contribution is 0.0991. The Labute approximate surface area is 180 Å². The summed E-state index contributed by atoms with van der Waals surface area (Å²) >= 11 is 5.89. The van der Waals surface area contributed by atoms with Gasteiger partial charge in [-0.15, -0.1) is 0 Å². The summed E-state index contributed by atoms with van der Waals surface area (Å²) in [5, 5.41) is 4.97. The highest BCUT2D eigenvalue weighted by molar-refractivity contribution is 6.30. The summed E-state index contributed by atoms with van der Waals surface area (Å²) < 4.78 is 13.0. The van der Waals surface area contributed by atoms with E-state index in [2.05, 4.69) is 30.9 Å². The zero-order valence-electron chi connectivity index (χ0n) is 17.3. The maximum Gasteiger partial charge on any atom is 0.279 e. The minimum atomic E-state index is -0.164. The normalized spacial score (nSPS) is 13.5. The molecule has 0 N–H and O–H groups in total. The predicted molar refractivity (Wildman–Crippen MR) is 115 cm³/mol. The molecule has 0 atom stereocenters. The molecule has 156 valence electrons. The summed E-state index contributed by atoms with van der Waals surface area (Å²) in [4.78, 5) is 18.9. The summed E-state index contributed by atoms with van der Waals surface area (Å²) in [6.07, 6.45) is 3.37. The van der Waals surface area contributed by atoms with E-state index >= 15 is 0 Å². The Balaban J connectivity index is 1.55. The lowest BCUT2D eigenvalue weighted by Crippen LogP contribution is -2.24. The zero-order chi connectivity index (χ0) is 21.5. The van der Waals surface area contributed by atoms with Crippen molar-refractivity contribution in [2.24, 2.45) is 5.41 Å². The Bertz CT molecular complexity index is 1090. The predicted octanol–water partition coefficient (Wildman–Crippen LogP) is 4.51. The summed E-state index contributed by atoms with van der Waals surface area (Å²) in [6, 6.07) is 9.01. The molecule has 0 unspecified atom stereocenters. The first-order chi connectivity index (χ1) is 14.2. The number of carbonyl (C=O) groups excluding carboxylic acids is 1. The van der Waals surface area contributed by atoms with Crippen LogP contribution in [0.25, 0.3) is 5.82 Å². The maximum absolute atomic E-state index is 13.0. The van der Waals surface area contributed by atoms with Gasteiger partial charge in [0.15, 0.2) is 23.0 Å². The lowest BCUT2D eigenvalue weighted by Gasteiger charge is -2.22. The molecule has 8 heteroatoms. The van der Waals surface area contributed by atoms with Crippen LogP contribution in [-0.4, -0.2) is 34.4 Å². The van der Waals surface area contributed by atoms with Gasteiger partial charge in [0.1, 0.15) is 0 Å². The number of nitrogens with zero attached hydrogens (tertiary/aromatic N) is 4. The number of aromatic nitrogens is 3. The molecule has 1 aliphatic heterocycles. The van der Waals surface area contributed by atoms with E-state index in [1.54, 1.807) is 35.0 Å². The van der Waals surface area contributed by atoms with Crippen LogP contribution in [0.4, 0.5) is 5.69 Å². The van der Waals surface area contributed by atoms with Crippen LogP contribution >= 0.6 is 11.6 Å². The van der Waals surface area contributed by atoms with Gasteiger partial charge < -0.3 is 14.4 Å². The number of pyridine rings is 1. The number of hydrogen-bond acceptors (Lipinski definition) is 5. The van der Waals surface area contributed by atoms with Crippen LogP contribution in [0, 0.1) is 5.41 Å². The molecule has 0 saturated carbocycles. The van der Waals surface area contributed by atoms with Gasteiger partial charge in [-0.3, -0.25) is 4.79 Å². The van der Waals surface area contributed by atoms with E-state index in [9.17, 15) is 4.79 Å². The molecule has 4 rings (SSSR count). The van der Waals surface area contributed by atoms with Gasteiger partial charge in [-0.05, 0) is 29.7 Å². The van der Waals surface area contributed by atoms with Gasteiger partial charge >= 0.3 is 0 Å². The molecular formula is C22H23ClN4O3. The molecule has 3 aromatic rings. The number of halogens is 1. The second-order valence-electron chi connectivity index (χ2n) is 8.36. The van der Waals surface area contributed by atoms with Crippen LogP contribution in [0.15, 0.2) is 42.7 Å². The lowest BCUT2D eigenvalue weighted by atomic mass is 9.99. The van der Waals surface area contributed by atoms with E-state index in [4.69, 9.17) is 21.1 Å². The Morgan fingerprint density at radius 2 is 1.97 bits per heavy atom. The van der Waals surface area contributed by atoms with E-state index in [0.29, 0.717) is 41.2 Å². The van der Waals surface area contributed by atoms with Gasteiger partial charge in [-0.1, -0.05) is 32.4 Å². The molecule has 30 heavy (non-hydrogen) atoms. The number of methoxy groups -OCH3 is 1. The molecule has 1 amide bonds. The third-order valence-electron chi connectivity index (χ3n) is 4.63. The van der Waals surface area contributed by atoms with Gasteiger partial charge in [0.2, 0.25) is 0 Å². The quantitative estimate of drug-likeness (QED) is 0.600. The number of amides is 1. The second-order valence-corrected chi connectivity index (χ2v) is 8.79. The van der Waals surface area contributed by atoms with Crippen molar-refractivity contribution >= 4 is 23.2 Å². The molecule has 0 saturated heterocycles. The molecule has 1 aliphatic rings. The highest BCUT2D eigenvalue weighted by Crippen LogP contribution is 2.36. The standard InChI is InChI=1S/C22H23ClN4O3/c1-22(2,3)13-30-17-7-6-16(9-18(17)29-4)26-11-14-12-27(25-20(14)21(26)28)19-8-5-15(23)10-24-19/h5-10,12H,11,13H2,1-4H3. The molecular weight excluding hydrogens is 404 g/mol. The highest BCUT2D eigenvalue weighted by Gasteiger charge is 2.33. The van der Waals surface area contributed by atoms with Crippen molar-refractivity contribution in [3.63, 3.8) is 0 Å². The molecule has 1 aromatic carbocycles. The Hall–Kier alpha value is -3.06. The van der Waals surface area contributed by atoms with Crippen LogP contribution in [0.1, 0.15) is 36.8 Å². The first-order valence-electron chi connectivity index (χ1n) is 9.58. The van der Waals surface area contributed by atoms with Gasteiger partial charge in [0.25, 0.3) is 5.91 Å². The third-order valence-corrected chi connectivity index (χ3v) is 4.86. The SMILES string of the molecule is COc1cc(N2Cc3cn(-c4ccc(Cl)cn4)nc3C2=O)ccc1OCC(C)(C)C. The fourth-order valence-electron chi connectivity index (χ4n) is 3.14. The molecule has 0 aliphatic carbocycles. The van der Waals surface area contributed by atoms with Gasteiger partial charge in [-0.2, -0.15) is 5.10 Å². The van der Waals surface area contributed by atoms with E-state index in [-0.39, 0.29) is 11.3 Å². The Morgan fingerprint density at radius 1 is 1.17 bits per heavy atom. The summed E-state index contributed by atoms with van der Waals surface area (Å²) in [5.41, 5.74) is 2.01. The van der Waals surface area contributed by atoms with Crippen molar-refractivity contribution in [2.45, 2.75) is 27.3 Å². The van der Waals surface area contributed by atoms with Crippen molar-refractivity contribution < 1.29 is 14.3 Å². The molecule has 0 fully saturated rings. The van der Waals surface area contributed by atoms with Crippen LogP contribution in [0.5, 0.6) is 11.5 Å². The Morgan fingerprint density at radius 3 is 2.60 bits per heavy atom. The van der Waals surface area contributed by atoms with Gasteiger partial charge in [-0.25, -0.2) is 9.67 Å². The highest BCUT2D eigenvalue weighted by atomic mass is 35.5. The number of carbonyl (C=O) groups is 1. The fourth-order valence-corrected chi connectivity index (χ4v) is 3.25. The van der Waals surface area contributed by atoms with Crippen LogP contribution < -0.4 is 14.4 Å². The van der Waals surface area contributed by atoms with Crippen LogP contribution in [0.3, 0.4) is 0 Å². The number of benzene rings is 1. The molecule has 7 nitrogen and oxygen atoms in total. The Kier molecular flexibility index (Phi) is 5.15. The van der Waals surface area contributed by atoms with E-state index in [0.717, 1.165) is 11.3 Å². The number of anilines is 1. The number of hydrogen-bond donors (Lipinski definition) is 0. The monoisotopic (exact) mass is 426 g/mol.